The highest BCUT2D eigenvalue weighted by atomic mass is 16.6. The molecule has 2 aromatic carbocycles. The van der Waals surface area contributed by atoms with E-state index in [4.69, 9.17) is 4.74 Å². The van der Waals surface area contributed by atoms with Crippen LogP contribution in [0.3, 0.4) is 0 Å². The van der Waals surface area contributed by atoms with Gasteiger partial charge in [0, 0.05) is 29.0 Å². The van der Waals surface area contributed by atoms with Crippen LogP contribution in [0.1, 0.15) is 20.8 Å². The highest BCUT2D eigenvalue weighted by Crippen LogP contribution is 2.69. The predicted molar refractivity (Wildman–Crippen MR) is 146 cm³/mol. The molecule has 43 heavy (non-hydrogen) atoms. The van der Waals surface area contributed by atoms with Crippen LogP contribution < -0.4 is 9.80 Å². The third-order valence-electron chi connectivity index (χ3n) is 9.32. The molecular weight excluding hydrogens is 564 g/mol. The largest absolute Gasteiger partial charge is 0.463 e. The Morgan fingerprint density at radius 1 is 0.791 bits per heavy atom. The van der Waals surface area contributed by atoms with Crippen LogP contribution in [0.4, 0.5) is 22.7 Å². The highest BCUT2D eigenvalue weighted by molar-refractivity contribution is 6.28. The minimum atomic E-state index is -1.77. The minimum Gasteiger partial charge on any atom is -0.463 e. The van der Waals surface area contributed by atoms with Crippen LogP contribution in [0.5, 0.6) is 0 Å². The number of nitro benzene ring substituents is 2. The summed E-state index contributed by atoms with van der Waals surface area (Å²) in [7, 11) is 0. The quantitative estimate of drug-likeness (QED) is 0.210. The van der Waals surface area contributed by atoms with Gasteiger partial charge in [-0.1, -0.05) is 36.8 Å². The molecule has 6 atom stereocenters. The number of nitro groups is 2. The number of rotatable bonds is 6. The van der Waals surface area contributed by atoms with Crippen molar-refractivity contribution >= 4 is 52.3 Å². The molecule has 14 nitrogen and oxygen atoms in total. The Kier molecular flexibility index (Phi) is 6.08. The summed E-state index contributed by atoms with van der Waals surface area (Å²) in [6.45, 7) is 4.53. The molecule has 2 unspecified atom stereocenters. The fourth-order valence-electron chi connectivity index (χ4n) is 7.90. The maximum atomic E-state index is 14.2. The van der Waals surface area contributed by atoms with E-state index >= 15 is 0 Å². The van der Waals surface area contributed by atoms with Crippen LogP contribution >= 0.6 is 0 Å². The monoisotopic (exact) mass is 588 g/mol. The van der Waals surface area contributed by atoms with Gasteiger partial charge in [0.1, 0.15) is 11.4 Å². The number of anilines is 2. The van der Waals surface area contributed by atoms with E-state index in [0.29, 0.717) is 5.57 Å². The van der Waals surface area contributed by atoms with E-state index in [1.165, 1.54) is 43.3 Å². The lowest BCUT2D eigenvalue weighted by molar-refractivity contribution is -0.384. The average Bonchev–Trinajstić information content (AvgIpc) is 3.39. The third-order valence-corrected chi connectivity index (χ3v) is 9.32. The SMILES string of the molecule is CCOC(=O)C1=C(C)C2[C@@H]3C(=O)N(c4ccccc4[N+](=O)[O-])C(=O)[C@H]3C1(C)[C@H]1C(=O)N(c3ccccc3[N+](=O)[O-])C(=O)[C@@H]21. The molecule has 0 radical (unpaired) electrons. The fourth-order valence-corrected chi connectivity index (χ4v) is 7.90. The molecule has 3 aliphatic carbocycles. The molecule has 2 bridgehead atoms. The van der Waals surface area contributed by atoms with Gasteiger partial charge in [-0.05, 0) is 26.0 Å². The first-order valence-electron chi connectivity index (χ1n) is 13.5. The van der Waals surface area contributed by atoms with Crippen molar-refractivity contribution < 1.29 is 38.6 Å². The van der Waals surface area contributed by atoms with Crippen LogP contribution in [0.2, 0.25) is 0 Å². The number of nitrogens with zero attached hydrogens (tertiary/aromatic N) is 4. The summed E-state index contributed by atoms with van der Waals surface area (Å²) >= 11 is 0. The first kappa shape index (κ1) is 27.9. The summed E-state index contributed by atoms with van der Waals surface area (Å²) in [5, 5.41) is 23.6. The second-order valence-corrected chi connectivity index (χ2v) is 11.1. The molecule has 220 valence electrons. The molecule has 2 saturated heterocycles. The number of hydrogen-bond acceptors (Lipinski definition) is 10. The zero-order valence-electron chi connectivity index (χ0n) is 23.1. The lowest BCUT2D eigenvalue weighted by Crippen LogP contribution is -2.61. The normalized spacial score (nSPS) is 29.2. The summed E-state index contributed by atoms with van der Waals surface area (Å²) < 4.78 is 5.32. The van der Waals surface area contributed by atoms with E-state index in [0.717, 1.165) is 21.9 Å². The number of amides is 4. The first-order chi connectivity index (χ1) is 20.4. The van der Waals surface area contributed by atoms with Gasteiger partial charge >= 0.3 is 5.97 Å². The van der Waals surface area contributed by atoms with Gasteiger partial charge in [0.15, 0.2) is 0 Å². The van der Waals surface area contributed by atoms with E-state index in [-0.39, 0.29) is 23.6 Å². The summed E-state index contributed by atoms with van der Waals surface area (Å²) in [5.41, 5.74) is -3.01. The topological polar surface area (TPSA) is 187 Å². The molecule has 0 spiro atoms. The minimum absolute atomic E-state index is 0.0158. The molecule has 0 aromatic heterocycles. The smallest absolute Gasteiger partial charge is 0.334 e. The van der Waals surface area contributed by atoms with Crippen LogP contribution in [-0.2, 0) is 28.7 Å². The van der Waals surface area contributed by atoms with Crippen molar-refractivity contribution in [3.05, 3.63) is 79.9 Å². The van der Waals surface area contributed by atoms with Gasteiger partial charge in [0.05, 0.1) is 40.1 Å². The van der Waals surface area contributed by atoms with Gasteiger partial charge in [0.25, 0.3) is 11.4 Å². The van der Waals surface area contributed by atoms with Crippen LogP contribution in [0.25, 0.3) is 0 Å². The van der Waals surface area contributed by atoms with E-state index in [9.17, 15) is 44.2 Å². The Morgan fingerprint density at radius 2 is 1.21 bits per heavy atom. The van der Waals surface area contributed by atoms with Crippen molar-refractivity contribution in [2.24, 2.45) is 35.0 Å². The summed E-state index contributed by atoms with van der Waals surface area (Å²) in [6, 6.07) is 10.4. The number of hydrogen-bond donors (Lipinski definition) is 0. The molecule has 5 aliphatic rings. The molecule has 14 heteroatoms. The number of carbonyl (C=O) groups excluding carboxylic acids is 5. The zero-order valence-corrected chi connectivity index (χ0v) is 23.1. The van der Waals surface area contributed by atoms with E-state index in [1.807, 2.05) is 0 Å². The van der Waals surface area contributed by atoms with Crippen molar-refractivity contribution in [1.82, 2.24) is 0 Å². The Morgan fingerprint density at radius 3 is 1.60 bits per heavy atom. The Balaban J connectivity index is 1.57. The highest BCUT2D eigenvalue weighted by Gasteiger charge is 2.77. The van der Waals surface area contributed by atoms with Gasteiger partial charge < -0.3 is 4.74 Å². The van der Waals surface area contributed by atoms with Gasteiger partial charge in [-0.2, -0.15) is 0 Å². The Bertz CT molecular complexity index is 1630. The molecule has 0 N–H and O–H groups in total. The molecule has 1 saturated carbocycles. The summed E-state index contributed by atoms with van der Waals surface area (Å²) in [4.78, 5) is 93.8. The molecule has 2 aromatic rings. The average molecular weight is 589 g/mol. The number of ether oxygens (including phenoxy) is 1. The van der Waals surface area contributed by atoms with Crippen molar-refractivity contribution in [3.8, 4) is 0 Å². The maximum Gasteiger partial charge on any atom is 0.334 e. The molecule has 2 heterocycles. The van der Waals surface area contributed by atoms with E-state index in [2.05, 4.69) is 0 Å². The predicted octanol–water partition coefficient (Wildman–Crippen LogP) is 2.94. The number of benzene rings is 2. The molecular formula is C29H24N4O10. The molecule has 3 fully saturated rings. The Hall–Kier alpha value is -5.27. The maximum absolute atomic E-state index is 14.2. The second-order valence-electron chi connectivity index (χ2n) is 11.1. The van der Waals surface area contributed by atoms with Crippen molar-refractivity contribution in [2.75, 3.05) is 16.4 Å². The van der Waals surface area contributed by atoms with Gasteiger partial charge in [-0.25, -0.2) is 14.6 Å². The van der Waals surface area contributed by atoms with Crippen LogP contribution in [0, 0.1) is 55.2 Å². The number of imide groups is 2. The lowest BCUT2D eigenvalue weighted by atomic mass is 9.43. The van der Waals surface area contributed by atoms with E-state index in [1.54, 1.807) is 13.8 Å². The summed E-state index contributed by atoms with van der Waals surface area (Å²) in [5.74, 6) is -10.4. The number of esters is 1. The number of allylic oxidation sites excluding steroid dienone is 1. The zero-order chi connectivity index (χ0) is 31.1. The van der Waals surface area contributed by atoms with Crippen molar-refractivity contribution in [3.63, 3.8) is 0 Å². The summed E-state index contributed by atoms with van der Waals surface area (Å²) in [6.07, 6.45) is 0. The molecule has 2 aliphatic heterocycles. The fraction of sp³-hybridized carbons (Fsp3) is 0.345. The second kappa shape index (κ2) is 9.37. The standard InChI is InChI=1S/C29H24N4O10/c1-4-43-28(38)21-13(2)18-19-22(26(36)30(24(19)34)14-9-5-7-11-16(14)32(39)40)29(21,3)23-20(18)25(35)31(27(23)37)15-10-6-8-12-17(15)33(41)42/h5-12,18-20,22-23H,4H2,1-3H3/t18?,19-,20-,22-,23+,29?/m0/s1. The lowest BCUT2D eigenvalue weighted by Gasteiger charge is -2.55. The van der Waals surface area contributed by atoms with E-state index < -0.39 is 85.8 Å². The van der Waals surface area contributed by atoms with Crippen molar-refractivity contribution in [2.45, 2.75) is 20.8 Å². The van der Waals surface area contributed by atoms with Gasteiger partial charge in [-0.3, -0.25) is 39.4 Å². The van der Waals surface area contributed by atoms with Gasteiger partial charge in [0.2, 0.25) is 23.6 Å². The molecule has 4 amide bonds. The number of para-hydroxylation sites is 4. The third kappa shape index (κ3) is 3.43. The first-order valence-corrected chi connectivity index (χ1v) is 13.5. The van der Waals surface area contributed by atoms with Crippen LogP contribution in [-0.4, -0.2) is 46.1 Å². The van der Waals surface area contributed by atoms with Gasteiger partial charge in [-0.15, -0.1) is 0 Å². The molecule has 7 rings (SSSR count). The number of carbonyl (C=O) groups is 5. The Labute approximate surface area is 243 Å². The van der Waals surface area contributed by atoms with Crippen molar-refractivity contribution in [1.29, 1.82) is 0 Å². The van der Waals surface area contributed by atoms with Crippen LogP contribution in [0.15, 0.2) is 59.7 Å².